The number of carbonyl (C=O) groups is 2. The summed E-state index contributed by atoms with van der Waals surface area (Å²) in [5, 5.41) is 30.8. The Morgan fingerprint density at radius 1 is 0.900 bits per heavy atom. The summed E-state index contributed by atoms with van der Waals surface area (Å²) in [6.07, 6.45) is 0. The van der Waals surface area contributed by atoms with Gasteiger partial charge in [-0.15, -0.1) is 0 Å². The Morgan fingerprint density at radius 3 is 1.95 bits per heavy atom. The lowest BCUT2D eigenvalue weighted by Gasteiger charge is -2.11. The van der Waals surface area contributed by atoms with Crippen LogP contribution >= 0.6 is 0 Å². The first-order valence-corrected chi connectivity index (χ1v) is 5.80. The number of carbonyl (C=O) groups excluding carboxylic acids is 2. The van der Waals surface area contributed by atoms with Gasteiger partial charge in [-0.25, -0.2) is 0 Å². The monoisotopic (exact) mass is 270 g/mol. The Morgan fingerprint density at radius 2 is 1.45 bits per heavy atom. The van der Waals surface area contributed by atoms with Crippen LogP contribution in [0.15, 0.2) is 42.5 Å². The quantitative estimate of drug-likeness (QED) is 0.812. The minimum atomic E-state index is -1.32. The van der Waals surface area contributed by atoms with Gasteiger partial charge < -0.3 is 24.9 Å². The van der Waals surface area contributed by atoms with Gasteiger partial charge in [0.05, 0.1) is 18.5 Å². The van der Waals surface area contributed by atoms with E-state index < -0.39 is 11.9 Å². The van der Waals surface area contributed by atoms with Crippen molar-refractivity contribution in [3.8, 4) is 11.1 Å². The third kappa shape index (κ3) is 2.67. The molecule has 5 nitrogen and oxygen atoms in total. The molecular weight excluding hydrogens is 260 g/mol. The van der Waals surface area contributed by atoms with Crippen molar-refractivity contribution in [1.82, 2.24) is 0 Å². The standard InChI is InChI=1S/C15H12O5/c16-8-12-7-11(15(19)20)5-6-13(12)9-1-3-10(4-2-9)14(17)18/h1-7,16H,8H2,(H,17,18)(H,19,20)/p-2. The molecule has 2 rings (SSSR count). The first-order chi connectivity index (χ1) is 9.52. The van der Waals surface area contributed by atoms with E-state index in [-0.39, 0.29) is 17.7 Å². The van der Waals surface area contributed by atoms with E-state index in [1.54, 1.807) is 18.2 Å². The lowest BCUT2D eigenvalue weighted by molar-refractivity contribution is -0.256. The molecule has 0 aliphatic carbocycles. The highest BCUT2D eigenvalue weighted by molar-refractivity contribution is 5.88. The van der Waals surface area contributed by atoms with Gasteiger partial charge in [-0.3, -0.25) is 0 Å². The summed E-state index contributed by atoms with van der Waals surface area (Å²) in [5.74, 6) is -2.59. The van der Waals surface area contributed by atoms with Crippen LogP contribution in [0.4, 0.5) is 0 Å². The zero-order valence-electron chi connectivity index (χ0n) is 10.3. The maximum atomic E-state index is 10.8. The van der Waals surface area contributed by atoms with E-state index in [4.69, 9.17) is 0 Å². The molecule has 0 bridgehead atoms. The molecule has 0 fully saturated rings. The Bertz CT molecular complexity index is 658. The van der Waals surface area contributed by atoms with Crippen LogP contribution in [0.1, 0.15) is 26.3 Å². The number of hydrogen-bond acceptors (Lipinski definition) is 5. The lowest BCUT2D eigenvalue weighted by Crippen LogP contribution is -2.22. The van der Waals surface area contributed by atoms with E-state index in [9.17, 15) is 24.9 Å². The summed E-state index contributed by atoms with van der Waals surface area (Å²) in [6.45, 7) is -0.335. The third-order valence-corrected chi connectivity index (χ3v) is 2.94. The highest BCUT2D eigenvalue weighted by Crippen LogP contribution is 2.25. The van der Waals surface area contributed by atoms with Crippen LogP contribution in [0.25, 0.3) is 11.1 Å². The van der Waals surface area contributed by atoms with Crippen molar-refractivity contribution in [1.29, 1.82) is 0 Å². The van der Waals surface area contributed by atoms with Crippen molar-refractivity contribution in [2.45, 2.75) is 6.61 Å². The molecule has 2 aromatic rings. The van der Waals surface area contributed by atoms with E-state index in [2.05, 4.69) is 0 Å². The molecule has 1 N–H and O–H groups in total. The first kappa shape index (κ1) is 13.8. The zero-order chi connectivity index (χ0) is 14.7. The Labute approximate surface area is 114 Å². The fourth-order valence-corrected chi connectivity index (χ4v) is 1.92. The van der Waals surface area contributed by atoms with Crippen molar-refractivity contribution in [3.63, 3.8) is 0 Å². The second kappa shape index (κ2) is 5.54. The van der Waals surface area contributed by atoms with Gasteiger partial charge in [-0.05, 0) is 33.9 Å². The predicted molar refractivity (Wildman–Crippen MR) is 66.5 cm³/mol. The second-order valence-electron chi connectivity index (χ2n) is 4.18. The molecule has 0 radical (unpaired) electrons. The molecule has 0 saturated heterocycles. The van der Waals surface area contributed by atoms with Crippen LogP contribution in [0, 0.1) is 0 Å². The van der Waals surface area contributed by atoms with E-state index in [1.165, 1.54) is 24.3 Å². The highest BCUT2D eigenvalue weighted by atomic mass is 16.4. The molecule has 0 atom stereocenters. The van der Waals surface area contributed by atoms with Gasteiger partial charge in [0, 0.05) is 0 Å². The normalized spacial score (nSPS) is 10.2. The average Bonchev–Trinajstić information content (AvgIpc) is 2.46. The zero-order valence-corrected chi connectivity index (χ0v) is 10.3. The van der Waals surface area contributed by atoms with Crippen molar-refractivity contribution in [3.05, 3.63) is 59.2 Å². The van der Waals surface area contributed by atoms with Gasteiger partial charge in [0.15, 0.2) is 0 Å². The number of rotatable bonds is 4. The van der Waals surface area contributed by atoms with E-state index >= 15 is 0 Å². The molecule has 0 aliphatic rings. The number of hydrogen-bond donors (Lipinski definition) is 1. The Hall–Kier alpha value is -2.66. The summed E-state index contributed by atoms with van der Waals surface area (Å²) in [4.78, 5) is 21.4. The smallest absolute Gasteiger partial charge is 0.0715 e. The molecule has 0 aromatic heterocycles. The molecule has 2 aromatic carbocycles. The second-order valence-corrected chi connectivity index (χ2v) is 4.18. The summed E-state index contributed by atoms with van der Waals surface area (Å²) in [5.41, 5.74) is 1.74. The van der Waals surface area contributed by atoms with Crippen LogP contribution in [-0.4, -0.2) is 17.0 Å². The Balaban J connectivity index is 2.46. The number of aliphatic hydroxyl groups is 1. The summed E-state index contributed by atoms with van der Waals surface area (Å²) in [6, 6.07) is 10.2. The highest BCUT2D eigenvalue weighted by Gasteiger charge is 2.06. The summed E-state index contributed by atoms with van der Waals surface area (Å²) in [7, 11) is 0. The van der Waals surface area contributed by atoms with Crippen LogP contribution in [0.3, 0.4) is 0 Å². The number of aromatic carboxylic acids is 2. The van der Waals surface area contributed by atoms with E-state index in [0.29, 0.717) is 16.7 Å². The van der Waals surface area contributed by atoms with Gasteiger partial charge in [-0.1, -0.05) is 36.4 Å². The molecule has 0 aliphatic heterocycles. The van der Waals surface area contributed by atoms with Crippen LogP contribution < -0.4 is 10.2 Å². The molecule has 102 valence electrons. The lowest BCUT2D eigenvalue weighted by atomic mass is 9.97. The Kier molecular flexibility index (Phi) is 3.81. The van der Waals surface area contributed by atoms with E-state index in [1.807, 2.05) is 0 Å². The predicted octanol–water partition coefficient (Wildman–Crippen LogP) is -0.427. The molecule has 0 heterocycles. The van der Waals surface area contributed by atoms with Crippen LogP contribution in [-0.2, 0) is 6.61 Å². The third-order valence-electron chi connectivity index (χ3n) is 2.94. The van der Waals surface area contributed by atoms with Crippen LogP contribution in [0.5, 0.6) is 0 Å². The van der Waals surface area contributed by atoms with Gasteiger partial charge in [0.2, 0.25) is 0 Å². The number of carboxylic acids is 2. The summed E-state index contributed by atoms with van der Waals surface area (Å²) < 4.78 is 0. The summed E-state index contributed by atoms with van der Waals surface area (Å²) >= 11 is 0. The molecule has 0 spiro atoms. The minimum Gasteiger partial charge on any atom is -0.545 e. The maximum absolute atomic E-state index is 10.8. The van der Waals surface area contributed by atoms with Crippen molar-refractivity contribution in [2.24, 2.45) is 0 Å². The van der Waals surface area contributed by atoms with E-state index in [0.717, 1.165) is 0 Å². The van der Waals surface area contributed by atoms with Crippen molar-refractivity contribution >= 4 is 11.9 Å². The number of benzene rings is 2. The molecule has 0 saturated carbocycles. The molecule has 0 amide bonds. The largest absolute Gasteiger partial charge is 0.545 e. The SMILES string of the molecule is O=C([O-])c1ccc(-c2ccc(C(=O)[O-])cc2CO)cc1. The average molecular weight is 270 g/mol. The van der Waals surface area contributed by atoms with Gasteiger partial charge >= 0.3 is 0 Å². The van der Waals surface area contributed by atoms with Gasteiger partial charge in [0.1, 0.15) is 0 Å². The van der Waals surface area contributed by atoms with Gasteiger partial charge in [-0.2, -0.15) is 0 Å². The molecule has 20 heavy (non-hydrogen) atoms. The van der Waals surface area contributed by atoms with Crippen molar-refractivity contribution < 1.29 is 24.9 Å². The molecular formula is C15H10O5-2. The molecule has 5 heteroatoms. The fraction of sp³-hybridized carbons (Fsp3) is 0.0667. The topological polar surface area (TPSA) is 100 Å². The minimum absolute atomic E-state index is 0.0239. The van der Waals surface area contributed by atoms with Gasteiger partial charge in [0.25, 0.3) is 0 Å². The number of aliphatic hydroxyl groups excluding tert-OH is 1. The van der Waals surface area contributed by atoms with Crippen molar-refractivity contribution in [2.75, 3.05) is 0 Å². The molecule has 0 unspecified atom stereocenters. The van der Waals surface area contributed by atoms with Crippen LogP contribution in [0.2, 0.25) is 0 Å². The first-order valence-electron chi connectivity index (χ1n) is 5.80. The fourth-order valence-electron chi connectivity index (χ4n) is 1.92. The number of carboxylic acid groups (broad SMARTS) is 2. The maximum Gasteiger partial charge on any atom is 0.0715 e.